The summed E-state index contributed by atoms with van der Waals surface area (Å²) in [7, 11) is 0. The van der Waals surface area contributed by atoms with Gasteiger partial charge in [0, 0.05) is 13.1 Å². The van der Waals surface area contributed by atoms with E-state index < -0.39 is 12.0 Å². The number of aliphatic hydroxyl groups excluding tert-OH is 1. The first-order valence-electron chi connectivity index (χ1n) is 6.96. The molecule has 1 aromatic rings. The highest BCUT2D eigenvalue weighted by molar-refractivity contribution is 5.79. The molecule has 1 fully saturated rings. The molecule has 1 aromatic carbocycles. The second kappa shape index (κ2) is 7.22. The normalized spacial score (nSPS) is 19.0. The molecular formula is C16H21NO3. The Hall–Kier alpha value is -1.65. The number of amides is 1. The first kappa shape index (κ1) is 14.8. The second-order valence-corrected chi connectivity index (χ2v) is 4.99. The van der Waals surface area contributed by atoms with E-state index in [2.05, 4.69) is 0 Å². The van der Waals surface area contributed by atoms with Crippen LogP contribution in [0, 0.1) is 5.92 Å². The molecule has 0 saturated carbocycles. The summed E-state index contributed by atoms with van der Waals surface area (Å²) in [6.07, 6.45) is 2.75. The Labute approximate surface area is 119 Å². The number of hydrogen-bond donors (Lipinski definition) is 1. The maximum Gasteiger partial charge on any atom is 0.228 e. The highest BCUT2D eigenvalue weighted by Gasteiger charge is 2.26. The third-order valence-corrected chi connectivity index (χ3v) is 3.51. The molecular weight excluding hydrogens is 254 g/mol. The van der Waals surface area contributed by atoms with E-state index in [-0.39, 0.29) is 5.91 Å². The lowest BCUT2D eigenvalue weighted by Crippen LogP contribution is -2.45. The van der Waals surface area contributed by atoms with Crippen LogP contribution in [0.5, 0.6) is 0 Å². The molecule has 1 N–H and O–H groups in total. The average molecular weight is 275 g/mol. The fourth-order valence-electron chi connectivity index (χ4n) is 2.16. The lowest BCUT2D eigenvalue weighted by Gasteiger charge is -2.30. The Morgan fingerprint density at radius 3 is 2.60 bits per heavy atom. The predicted octanol–water partition coefficient (Wildman–Crippen LogP) is 1.56. The lowest BCUT2D eigenvalue weighted by molar-refractivity contribution is -0.141. The number of aliphatic hydroxyl groups is 1. The highest BCUT2D eigenvalue weighted by Crippen LogP contribution is 2.12. The summed E-state index contributed by atoms with van der Waals surface area (Å²) in [5.74, 6) is -0.452. The SMILES string of the molecule is CC(C(=O)N1CCOCC1)C(O)/C=C/c1ccccc1. The van der Waals surface area contributed by atoms with Gasteiger partial charge in [-0.3, -0.25) is 4.79 Å². The maximum atomic E-state index is 12.2. The van der Waals surface area contributed by atoms with Crippen LogP contribution in [0.1, 0.15) is 12.5 Å². The summed E-state index contributed by atoms with van der Waals surface area (Å²) in [6, 6.07) is 9.73. The van der Waals surface area contributed by atoms with E-state index in [0.717, 1.165) is 5.56 Å². The number of carbonyl (C=O) groups excluding carboxylic acids is 1. The van der Waals surface area contributed by atoms with Crippen molar-refractivity contribution in [3.05, 3.63) is 42.0 Å². The second-order valence-electron chi connectivity index (χ2n) is 4.99. The van der Waals surface area contributed by atoms with Gasteiger partial charge in [-0.15, -0.1) is 0 Å². The van der Waals surface area contributed by atoms with Gasteiger partial charge >= 0.3 is 0 Å². The summed E-state index contributed by atoms with van der Waals surface area (Å²) >= 11 is 0. The van der Waals surface area contributed by atoms with Crippen molar-refractivity contribution in [2.75, 3.05) is 26.3 Å². The zero-order chi connectivity index (χ0) is 14.4. The number of morpholine rings is 1. The number of rotatable bonds is 4. The molecule has 1 heterocycles. The summed E-state index contributed by atoms with van der Waals surface area (Å²) < 4.78 is 5.23. The van der Waals surface area contributed by atoms with Gasteiger partial charge in [0.1, 0.15) is 0 Å². The number of benzene rings is 1. The molecule has 4 heteroatoms. The molecule has 0 radical (unpaired) electrons. The number of carbonyl (C=O) groups is 1. The first-order chi connectivity index (χ1) is 9.68. The van der Waals surface area contributed by atoms with E-state index >= 15 is 0 Å². The molecule has 4 nitrogen and oxygen atoms in total. The van der Waals surface area contributed by atoms with Crippen molar-refractivity contribution >= 4 is 12.0 Å². The van der Waals surface area contributed by atoms with Crippen LogP contribution in [0.25, 0.3) is 6.08 Å². The first-order valence-corrected chi connectivity index (χ1v) is 6.96. The summed E-state index contributed by atoms with van der Waals surface area (Å²) in [5, 5.41) is 10.1. The molecule has 2 atom stereocenters. The lowest BCUT2D eigenvalue weighted by atomic mass is 10.0. The van der Waals surface area contributed by atoms with Crippen LogP contribution in [0.4, 0.5) is 0 Å². The zero-order valence-electron chi connectivity index (χ0n) is 11.7. The summed E-state index contributed by atoms with van der Waals surface area (Å²) in [6.45, 7) is 4.14. The number of hydrogen-bond acceptors (Lipinski definition) is 3. The fourth-order valence-corrected chi connectivity index (χ4v) is 2.16. The van der Waals surface area contributed by atoms with Crippen LogP contribution in [0.15, 0.2) is 36.4 Å². The van der Waals surface area contributed by atoms with Gasteiger partial charge in [0.05, 0.1) is 25.2 Å². The summed E-state index contributed by atoms with van der Waals surface area (Å²) in [4.78, 5) is 14.0. The fraction of sp³-hybridized carbons (Fsp3) is 0.438. The Morgan fingerprint density at radius 2 is 1.95 bits per heavy atom. The van der Waals surface area contributed by atoms with Gasteiger partial charge in [0.25, 0.3) is 0 Å². The minimum atomic E-state index is -0.773. The molecule has 0 bridgehead atoms. The van der Waals surface area contributed by atoms with E-state index in [4.69, 9.17) is 4.74 Å². The standard InChI is InChI=1S/C16H21NO3/c1-13(16(19)17-9-11-20-12-10-17)15(18)8-7-14-5-3-2-4-6-14/h2-8,13,15,18H,9-12H2,1H3/b8-7+. The van der Waals surface area contributed by atoms with E-state index in [9.17, 15) is 9.90 Å². The third-order valence-electron chi connectivity index (χ3n) is 3.51. The predicted molar refractivity (Wildman–Crippen MR) is 78.0 cm³/mol. The molecule has 1 saturated heterocycles. The van der Waals surface area contributed by atoms with Gasteiger partial charge in [0.2, 0.25) is 5.91 Å². The minimum Gasteiger partial charge on any atom is -0.388 e. The molecule has 2 unspecified atom stereocenters. The summed E-state index contributed by atoms with van der Waals surface area (Å²) in [5.41, 5.74) is 1.01. The van der Waals surface area contributed by atoms with Gasteiger partial charge in [-0.1, -0.05) is 49.4 Å². The van der Waals surface area contributed by atoms with Crippen molar-refractivity contribution in [1.82, 2.24) is 4.90 Å². The third kappa shape index (κ3) is 3.92. The van der Waals surface area contributed by atoms with E-state index in [1.54, 1.807) is 17.9 Å². The molecule has 0 aliphatic carbocycles. The molecule has 1 aliphatic heterocycles. The molecule has 0 spiro atoms. The average Bonchev–Trinajstić information content (AvgIpc) is 2.53. The molecule has 2 rings (SSSR count). The minimum absolute atomic E-state index is 0.0153. The topological polar surface area (TPSA) is 49.8 Å². The van der Waals surface area contributed by atoms with Gasteiger partial charge in [-0.25, -0.2) is 0 Å². The Bertz CT molecular complexity index is 452. The Kier molecular flexibility index (Phi) is 5.32. The van der Waals surface area contributed by atoms with Crippen LogP contribution in [-0.4, -0.2) is 48.3 Å². The van der Waals surface area contributed by atoms with Crippen LogP contribution < -0.4 is 0 Å². The van der Waals surface area contributed by atoms with E-state index in [0.29, 0.717) is 26.3 Å². The smallest absolute Gasteiger partial charge is 0.228 e. The maximum absolute atomic E-state index is 12.2. The van der Waals surface area contributed by atoms with Gasteiger partial charge < -0.3 is 14.7 Å². The van der Waals surface area contributed by atoms with Gasteiger partial charge in [-0.05, 0) is 5.56 Å². The van der Waals surface area contributed by atoms with E-state index in [1.807, 2.05) is 36.4 Å². The van der Waals surface area contributed by atoms with Crippen molar-refractivity contribution in [2.45, 2.75) is 13.0 Å². The van der Waals surface area contributed by atoms with Gasteiger partial charge in [-0.2, -0.15) is 0 Å². The Morgan fingerprint density at radius 1 is 1.30 bits per heavy atom. The molecule has 0 aromatic heterocycles. The monoisotopic (exact) mass is 275 g/mol. The van der Waals surface area contributed by atoms with Crippen molar-refractivity contribution in [3.63, 3.8) is 0 Å². The number of ether oxygens (including phenoxy) is 1. The van der Waals surface area contributed by atoms with Gasteiger partial charge in [0.15, 0.2) is 0 Å². The number of nitrogens with zero attached hydrogens (tertiary/aromatic N) is 1. The molecule has 1 amide bonds. The van der Waals surface area contributed by atoms with Crippen LogP contribution >= 0.6 is 0 Å². The van der Waals surface area contributed by atoms with Crippen molar-refractivity contribution in [2.24, 2.45) is 5.92 Å². The van der Waals surface area contributed by atoms with Crippen molar-refractivity contribution < 1.29 is 14.6 Å². The van der Waals surface area contributed by atoms with Crippen LogP contribution in [0.3, 0.4) is 0 Å². The largest absolute Gasteiger partial charge is 0.388 e. The Balaban J connectivity index is 1.92. The van der Waals surface area contributed by atoms with Crippen LogP contribution in [0.2, 0.25) is 0 Å². The molecule has 108 valence electrons. The molecule has 1 aliphatic rings. The van der Waals surface area contributed by atoms with Crippen LogP contribution in [-0.2, 0) is 9.53 Å². The quantitative estimate of drug-likeness (QED) is 0.907. The zero-order valence-corrected chi connectivity index (χ0v) is 11.7. The van der Waals surface area contributed by atoms with Crippen molar-refractivity contribution in [1.29, 1.82) is 0 Å². The van der Waals surface area contributed by atoms with Crippen molar-refractivity contribution in [3.8, 4) is 0 Å². The highest BCUT2D eigenvalue weighted by atomic mass is 16.5. The van der Waals surface area contributed by atoms with E-state index in [1.165, 1.54) is 0 Å². The molecule has 20 heavy (non-hydrogen) atoms.